The molecule has 2 rings (SSSR count). The largest absolute Gasteiger partial charge is 0.490 e. The first-order valence-corrected chi connectivity index (χ1v) is 7.54. The van der Waals surface area contributed by atoms with Gasteiger partial charge in [0.05, 0.1) is 6.61 Å². The molecule has 21 heavy (non-hydrogen) atoms. The highest BCUT2D eigenvalue weighted by Crippen LogP contribution is 2.24. The van der Waals surface area contributed by atoms with Crippen molar-refractivity contribution in [1.82, 2.24) is 4.90 Å². The van der Waals surface area contributed by atoms with Gasteiger partial charge >= 0.3 is 0 Å². The number of hydrogen-bond donors (Lipinski definition) is 0. The highest BCUT2D eigenvalue weighted by atomic mass is 19.1. The van der Waals surface area contributed by atoms with Crippen molar-refractivity contribution in [2.75, 3.05) is 19.7 Å². The van der Waals surface area contributed by atoms with Crippen LogP contribution in [0.25, 0.3) is 0 Å². The molecule has 1 aliphatic heterocycles. The molecule has 1 atom stereocenters. The molecule has 1 saturated heterocycles. The Morgan fingerprint density at radius 3 is 2.76 bits per heavy atom. The third kappa shape index (κ3) is 4.19. The Balaban J connectivity index is 1.90. The second-order valence-corrected chi connectivity index (χ2v) is 6.75. The number of likely N-dealkylation sites (tertiary alicyclic amines) is 1. The SMILES string of the molecule is CC(C)(C)C(=O)N1CCCC(COc2ccccc2F)C1. The van der Waals surface area contributed by atoms with Gasteiger partial charge in [0.15, 0.2) is 11.6 Å². The quantitative estimate of drug-likeness (QED) is 0.854. The average Bonchev–Trinajstić information content (AvgIpc) is 2.45. The average molecular weight is 293 g/mol. The number of para-hydroxylation sites is 1. The fourth-order valence-corrected chi connectivity index (χ4v) is 2.63. The van der Waals surface area contributed by atoms with Gasteiger partial charge in [-0.3, -0.25) is 4.79 Å². The van der Waals surface area contributed by atoms with Crippen LogP contribution in [0.2, 0.25) is 0 Å². The molecule has 0 N–H and O–H groups in total. The van der Waals surface area contributed by atoms with E-state index in [2.05, 4.69) is 0 Å². The van der Waals surface area contributed by atoms with Crippen LogP contribution >= 0.6 is 0 Å². The molecule has 1 aliphatic rings. The van der Waals surface area contributed by atoms with Crippen LogP contribution in [0.1, 0.15) is 33.6 Å². The Morgan fingerprint density at radius 2 is 2.10 bits per heavy atom. The fraction of sp³-hybridized carbons (Fsp3) is 0.588. The molecule has 1 aromatic carbocycles. The normalized spacial score (nSPS) is 19.4. The van der Waals surface area contributed by atoms with E-state index < -0.39 is 0 Å². The van der Waals surface area contributed by atoms with Crippen molar-refractivity contribution in [1.29, 1.82) is 0 Å². The minimum Gasteiger partial charge on any atom is -0.490 e. The van der Waals surface area contributed by atoms with Crippen LogP contribution in [0.3, 0.4) is 0 Å². The van der Waals surface area contributed by atoms with Gasteiger partial charge in [-0.15, -0.1) is 0 Å². The Kier molecular flexibility index (Phi) is 4.86. The van der Waals surface area contributed by atoms with Crippen LogP contribution in [0, 0.1) is 17.2 Å². The summed E-state index contributed by atoms with van der Waals surface area (Å²) in [6.45, 7) is 7.78. The number of rotatable bonds is 3. The van der Waals surface area contributed by atoms with Crippen molar-refractivity contribution in [2.45, 2.75) is 33.6 Å². The van der Waals surface area contributed by atoms with Gasteiger partial charge in [0, 0.05) is 24.4 Å². The lowest BCUT2D eigenvalue weighted by Crippen LogP contribution is -2.46. The first-order chi connectivity index (χ1) is 9.88. The molecule has 3 nitrogen and oxygen atoms in total. The molecule has 0 saturated carbocycles. The predicted octanol–water partition coefficient (Wildman–Crippen LogP) is 3.49. The molecule has 116 valence electrons. The lowest BCUT2D eigenvalue weighted by Gasteiger charge is -2.36. The van der Waals surface area contributed by atoms with Crippen molar-refractivity contribution >= 4 is 5.91 Å². The van der Waals surface area contributed by atoms with Crippen LogP contribution in [0.5, 0.6) is 5.75 Å². The molecule has 1 aromatic rings. The summed E-state index contributed by atoms with van der Waals surface area (Å²) in [5.41, 5.74) is -0.353. The van der Waals surface area contributed by atoms with Gasteiger partial charge in [-0.2, -0.15) is 0 Å². The van der Waals surface area contributed by atoms with Gasteiger partial charge < -0.3 is 9.64 Å². The number of ether oxygens (including phenoxy) is 1. The van der Waals surface area contributed by atoms with E-state index in [4.69, 9.17) is 4.74 Å². The van der Waals surface area contributed by atoms with E-state index in [0.29, 0.717) is 13.2 Å². The van der Waals surface area contributed by atoms with Crippen LogP contribution in [-0.2, 0) is 4.79 Å². The molecule has 1 heterocycles. The molecule has 4 heteroatoms. The van der Waals surface area contributed by atoms with Crippen LogP contribution in [0.15, 0.2) is 24.3 Å². The molecular formula is C17H24FNO2. The Labute approximate surface area is 126 Å². The van der Waals surface area contributed by atoms with Gasteiger partial charge in [-0.1, -0.05) is 32.9 Å². The van der Waals surface area contributed by atoms with Gasteiger partial charge in [0.2, 0.25) is 5.91 Å². The van der Waals surface area contributed by atoms with Crippen molar-refractivity contribution in [2.24, 2.45) is 11.3 Å². The van der Waals surface area contributed by atoms with Gasteiger partial charge in [0.1, 0.15) is 0 Å². The van der Waals surface area contributed by atoms with Crippen molar-refractivity contribution in [3.05, 3.63) is 30.1 Å². The van der Waals surface area contributed by atoms with Crippen LogP contribution < -0.4 is 4.74 Å². The number of carbonyl (C=O) groups excluding carboxylic acids is 1. The maximum atomic E-state index is 13.5. The summed E-state index contributed by atoms with van der Waals surface area (Å²) in [5, 5.41) is 0. The molecule has 0 aromatic heterocycles. The third-order valence-electron chi connectivity index (χ3n) is 3.76. The lowest BCUT2D eigenvalue weighted by atomic mass is 9.91. The van der Waals surface area contributed by atoms with Crippen LogP contribution in [-0.4, -0.2) is 30.5 Å². The Morgan fingerprint density at radius 1 is 1.38 bits per heavy atom. The minimum absolute atomic E-state index is 0.179. The first-order valence-electron chi connectivity index (χ1n) is 7.54. The summed E-state index contributed by atoms with van der Waals surface area (Å²) in [6.07, 6.45) is 2.00. The molecule has 1 amide bonds. The second kappa shape index (κ2) is 6.46. The van der Waals surface area contributed by atoms with Gasteiger partial charge in [-0.05, 0) is 25.0 Å². The van der Waals surface area contributed by atoms with E-state index in [1.54, 1.807) is 18.2 Å². The number of hydrogen-bond acceptors (Lipinski definition) is 2. The standard InChI is InChI=1S/C17H24FNO2/c1-17(2,3)16(20)19-10-6-7-13(11-19)12-21-15-9-5-4-8-14(15)18/h4-5,8-9,13H,6-7,10-12H2,1-3H3. The highest BCUT2D eigenvalue weighted by molar-refractivity contribution is 5.81. The molecule has 1 fully saturated rings. The van der Waals surface area contributed by atoms with E-state index in [1.807, 2.05) is 25.7 Å². The minimum atomic E-state index is -0.353. The maximum absolute atomic E-state index is 13.5. The first kappa shape index (κ1) is 15.8. The van der Waals surface area contributed by atoms with E-state index in [-0.39, 0.29) is 28.8 Å². The second-order valence-electron chi connectivity index (χ2n) is 6.75. The summed E-state index contributed by atoms with van der Waals surface area (Å²) in [5.74, 6) is 0.399. The number of halogens is 1. The topological polar surface area (TPSA) is 29.5 Å². The Bertz CT molecular complexity index is 496. The van der Waals surface area contributed by atoms with Crippen molar-refractivity contribution in [3.63, 3.8) is 0 Å². The molecule has 0 aliphatic carbocycles. The van der Waals surface area contributed by atoms with E-state index in [1.165, 1.54) is 6.07 Å². The molecule has 0 spiro atoms. The number of carbonyl (C=O) groups is 1. The highest BCUT2D eigenvalue weighted by Gasteiger charge is 2.31. The Hall–Kier alpha value is -1.58. The van der Waals surface area contributed by atoms with Crippen molar-refractivity contribution in [3.8, 4) is 5.75 Å². The van der Waals surface area contributed by atoms with Gasteiger partial charge in [-0.25, -0.2) is 4.39 Å². The fourth-order valence-electron chi connectivity index (χ4n) is 2.63. The lowest BCUT2D eigenvalue weighted by molar-refractivity contribution is -0.141. The number of piperidine rings is 1. The van der Waals surface area contributed by atoms with E-state index >= 15 is 0 Å². The molecular weight excluding hydrogens is 269 g/mol. The summed E-state index contributed by atoms with van der Waals surface area (Å²) in [6, 6.07) is 6.43. The zero-order valence-corrected chi connectivity index (χ0v) is 13.1. The maximum Gasteiger partial charge on any atom is 0.227 e. The number of benzene rings is 1. The zero-order valence-electron chi connectivity index (χ0n) is 13.1. The number of amides is 1. The van der Waals surface area contributed by atoms with E-state index in [9.17, 15) is 9.18 Å². The zero-order chi connectivity index (χ0) is 15.5. The summed E-state index contributed by atoms with van der Waals surface area (Å²) in [4.78, 5) is 14.2. The van der Waals surface area contributed by atoms with Gasteiger partial charge in [0.25, 0.3) is 0 Å². The predicted molar refractivity (Wildman–Crippen MR) is 80.7 cm³/mol. The summed E-state index contributed by atoms with van der Waals surface area (Å²) in [7, 11) is 0. The van der Waals surface area contributed by atoms with Crippen molar-refractivity contribution < 1.29 is 13.9 Å². The summed E-state index contributed by atoms with van der Waals surface area (Å²) < 4.78 is 19.1. The van der Waals surface area contributed by atoms with Crippen LogP contribution in [0.4, 0.5) is 4.39 Å². The molecule has 1 unspecified atom stereocenters. The summed E-state index contributed by atoms with van der Waals surface area (Å²) >= 11 is 0. The van der Waals surface area contributed by atoms with E-state index in [0.717, 1.165) is 19.4 Å². The molecule has 0 bridgehead atoms. The monoisotopic (exact) mass is 293 g/mol. The smallest absolute Gasteiger partial charge is 0.227 e. The molecule has 0 radical (unpaired) electrons. The number of nitrogens with zero attached hydrogens (tertiary/aromatic N) is 1. The third-order valence-corrected chi connectivity index (χ3v) is 3.76.